The van der Waals surface area contributed by atoms with Crippen LogP contribution in [0.25, 0.3) is 0 Å². The molecule has 0 aliphatic carbocycles. The van der Waals surface area contributed by atoms with Crippen molar-refractivity contribution in [1.29, 1.82) is 0 Å². The fraction of sp³-hybridized carbons (Fsp3) is 0.286. The molecule has 1 rings (SSSR count). The minimum absolute atomic E-state index is 0.0608. The van der Waals surface area contributed by atoms with Crippen LogP contribution < -0.4 is 0 Å². The van der Waals surface area contributed by atoms with Gasteiger partial charge in [-0.05, 0) is 17.5 Å². The van der Waals surface area contributed by atoms with Crippen molar-refractivity contribution in [1.82, 2.24) is 0 Å². The van der Waals surface area contributed by atoms with Gasteiger partial charge >= 0.3 is 11.9 Å². The molecule has 0 aliphatic heterocycles. The summed E-state index contributed by atoms with van der Waals surface area (Å²) in [5.74, 6) is -1.67. The lowest BCUT2D eigenvalue weighted by molar-refractivity contribution is -0.384. The van der Waals surface area contributed by atoms with Crippen LogP contribution >= 0.6 is 0 Å². The minimum atomic E-state index is -0.865. The number of nitro groups is 1. The molecule has 0 unspecified atom stereocenters. The summed E-state index contributed by atoms with van der Waals surface area (Å²) in [6.07, 6.45) is 0. The molecule has 0 spiro atoms. The highest BCUT2D eigenvalue weighted by atomic mass is 16.6. The molecule has 0 atom stereocenters. The second kappa shape index (κ2) is 5.64. The molecule has 0 radical (unpaired) electrons. The molecule has 0 aliphatic rings. The lowest BCUT2D eigenvalue weighted by Gasteiger charge is -2.19. The number of ether oxygens (including phenoxy) is 1. The van der Waals surface area contributed by atoms with Crippen molar-refractivity contribution in [3.8, 4) is 0 Å². The highest BCUT2D eigenvalue weighted by Gasteiger charge is 2.25. The second-order valence-corrected chi connectivity index (χ2v) is 5.21. The molecule has 0 amide bonds. The van der Waals surface area contributed by atoms with E-state index < -0.39 is 22.3 Å². The van der Waals surface area contributed by atoms with Crippen molar-refractivity contribution in [2.45, 2.75) is 20.8 Å². The molecule has 6 nitrogen and oxygen atoms in total. The van der Waals surface area contributed by atoms with Crippen LogP contribution in [0.2, 0.25) is 0 Å². The summed E-state index contributed by atoms with van der Waals surface area (Å²) in [6.45, 7) is 8.91. The Morgan fingerprint density at radius 2 is 1.70 bits per heavy atom. The van der Waals surface area contributed by atoms with Gasteiger partial charge in [0.05, 0.1) is 10.5 Å². The van der Waals surface area contributed by atoms with Gasteiger partial charge in [0.2, 0.25) is 0 Å². The van der Waals surface area contributed by atoms with Gasteiger partial charge in [-0.1, -0.05) is 27.4 Å². The van der Waals surface area contributed by atoms with Gasteiger partial charge in [-0.25, -0.2) is 9.59 Å². The van der Waals surface area contributed by atoms with Crippen LogP contribution in [0.5, 0.6) is 0 Å². The molecule has 0 saturated heterocycles. The number of benzene rings is 1. The van der Waals surface area contributed by atoms with Gasteiger partial charge in [-0.3, -0.25) is 10.1 Å². The summed E-state index contributed by atoms with van der Waals surface area (Å²) in [7, 11) is 0. The van der Waals surface area contributed by atoms with Crippen LogP contribution in [0.1, 0.15) is 31.1 Å². The number of nitrogens with zero attached hydrogens (tertiary/aromatic N) is 1. The zero-order valence-electron chi connectivity index (χ0n) is 11.5. The summed E-state index contributed by atoms with van der Waals surface area (Å²) in [5, 5.41) is 10.5. The molecule has 0 heterocycles. The molecular weight excluding hydrogens is 262 g/mol. The van der Waals surface area contributed by atoms with Crippen molar-refractivity contribution in [2.75, 3.05) is 0 Å². The zero-order valence-corrected chi connectivity index (χ0v) is 11.5. The van der Waals surface area contributed by atoms with Crippen molar-refractivity contribution in [3.05, 3.63) is 52.1 Å². The monoisotopic (exact) mass is 277 g/mol. The van der Waals surface area contributed by atoms with E-state index in [1.807, 2.05) is 0 Å². The van der Waals surface area contributed by atoms with Gasteiger partial charge in [-0.15, -0.1) is 0 Å². The first-order chi connectivity index (χ1) is 9.12. The molecule has 0 aromatic heterocycles. The minimum Gasteiger partial charge on any atom is -0.386 e. The number of carbonyl (C=O) groups is 2. The maximum Gasteiger partial charge on any atom is 0.346 e. The Balaban J connectivity index is 2.79. The van der Waals surface area contributed by atoms with Crippen LogP contribution in [0.15, 0.2) is 36.4 Å². The highest BCUT2D eigenvalue weighted by Crippen LogP contribution is 2.24. The molecule has 6 heteroatoms. The first-order valence-corrected chi connectivity index (χ1v) is 5.83. The zero-order chi connectivity index (χ0) is 15.5. The Morgan fingerprint density at radius 1 is 1.20 bits per heavy atom. The van der Waals surface area contributed by atoms with Crippen LogP contribution in [-0.4, -0.2) is 16.9 Å². The summed E-state index contributed by atoms with van der Waals surface area (Å²) >= 11 is 0. The molecule has 20 heavy (non-hydrogen) atoms. The van der Waals surface area contributed by atoms with E-state index in [1.165, 1.54) is 24.3 Å². The molecule has 1 aromatic carbocycles. The largest absolute Gasteiger partial charge is 0.386 e. The average Bonchev–Trinajstić information content (AvgIpc) is 2.36. The molecule has 106 valence electrons. The van der Waals surface area contributed by atoms with Gasteiger partial charge in [-0.2, -0.15) is 0 Å². The smallest absolute Gasteiger partial charge is 0.346 e. The first-order valence-electron chi connectivity index (χ1n) is 5.83. The fourth-order valence-electron chi connectivity index (χ4n) is 1.23. The van der Waals surface area contributed by atoms with E-state index in [9.17, 15) is 19.7 Å². The highest BCUT2D eigenvalue weighted by molar-refractivity contribution is 6.02. The Kier molecular flexibility index (Phi) is 4.39. The SMILES string of the molecule is C=C(C(=O)OC(=O)c1ccc([N+](=O)[O-])cc1)C(C)(C)C. The van der Waals surface area contributed by atoms with Gasteiger partial charge in [0, 0.05) is 17.7 Å². The van der Waals surface area contributed by atoms with Crippen molar-refractivity contribution in [3.63, 3.8) is 0 Å². The van der Waals surface area contributed by atoms with Crippen LogP contribution in [0.3, 0.4) is 0 Å². The van der Waals surface area contributed by atoms with E-state index in [2.05, 4.69) is 11.3 Å². The standard InChI is InChI=1S/C14H15NO5/c1-9(14(2,3)4)12(16)20-13(17)10-5-7-11(8-6-10)15(18)19/h5-8H,1H2,2-4H3. The third-order valence-electron chi connectivity index (χ3n) is 2.65. The topological polar surface area (TPSA) is 86.5 Å². The van der Waals surface area contributed by atoms with Gasteiger partial charge in [0.25, 0.3) is 5.69 Å². The van der Waals surface area contributed by atoms with E-state index in [0.29, 0.717) is 0 Å². The maximum absolute atomic E-state index is 11.7. The Hall–Kier alpha value is -2.50. The molecule has 1 aromatic rings. The summed E-state index contributed by atoms with van der Waals surface area (Å²) in [6, 6.07) is 4.79. The number of hydrogen-bond acceptors (Lipinski definition) is 5. The van der Waals surface area contributed by atoms with Gasteiger partial charge < -0.3 is 4.74 Å². The average molecular weight is 277 g/mol. The van der Waals surface area contributed by atoms with Crippen LogP contribution in [0, 0.1) is 15.5 Å². The lowest BCUT2D eigenvalue weighted by Crippen LogP contribution is -2.22. The maximum atomic E-state index is 11.7. The predicted molar refractivity (Wildman–Crippen MR) is 72.1 cm³/mol. The van der Waals surface area contributed by atoms with E-state index >= 15 is 0 Å². The second-order valence-electron chi connectivity index (χ2n) is 5.21. The summed E-state index contributed by atoms with van der Waals surface area (Å²) in [5.41, 5.74) is -0.419. The number of non-ortho nitro benzene ring substituents is 1. The lowest BCUT2D eigenvalue weighted by atomic mass is 9.88. The van der Waals surface area contributed by atoms with Crippen LogP contribution in [-0.2, 0) is 9.53 Å². The van der Waals surface area contributed by atoms with Crippen molar-refractivity contribution < 1.29 is 19.2 Å². The van der Waals surface area contributed by atoms with Gasteiger partial charge in [0.1, 0.15) is 0 Å². The number of carbonyl (C=O) groups excluding carboxylic acids is 2. The number of rotatable bonds is 3. The third kappa shape index (κ3) is 3.74. The number of esters is 2. The quantitative estimate of drug-likeness (QED) is 0.279. The van der Waals surface area contributed by atoms with E-state index in [-0.39, 0.29) is 16.8 Å². The predicted octanol–water partition coefficient (Wildman–Crippen LogP) is 2.88. The van der Waals surface area contributed by atoms with E-state index in [0.717, 1.165) is 0 Å². The Labute approximate surface area is 116 Å². The number of hydrogen-bond donors (Lipinski definition) is 0. The van der Waals surface area contributed by atoms with Crippen LogP contribution in [0.4, 0.5) is 5.69 Å². The summed E-state index contributed by atoms with van der Waals surface area (Å²) < 4.78 is 4.68. The summed E-state index contributed by atoms with van der Waals surface area (Å²) in [4.78, 5) is 33.3. The Bertz CT molecular complexity index is 566. The first kappa shape index (κ1) is 15.6. The molecule has 0 saturated carbocycles. The molecule has 0 N–H and O–H groups in total. The third-order valence-corrected chi connectivity index (χ3v) is 2.65. The van der Waals surface area contributed by atoms with Crippen molar-refractivity contribution >= 4 is 17.6 Å². The Morgan fingerprint density at radius 3 is 2.10 bits per heavy atom. The normalized spacial score (nSPS) is 10.8. The van der Waals surface area contributed by atoms with Gasteiger partial charge in [0.15, 0.2) is 0 Å². The molecule has 0 bridgehead atoms. The van der Waals surface area contributed by atoms with Crippen molar-refractivity contribution in [2.24, 2.45) is 5.41 Å². The molecular formula is C14H15NO5. The van der Waals surface area contributed by atoms with E-state index in [1.54, 1.807) is 20.8 Å². The van der Waals surface area contributed by atoms with E-state index in [4.69, 9.17) is 0 Å². The fourth-order valence-corrected chi connectivity index (χ4v) is 1.23. The molecule has 0 fully saturated rings. The number of nitro benzene ring substituents is 1.